The van der Waals surface area contributed by atoms with Gasteiger partial charge in [-0.3, -0.25) is 0 Å². The van der Waals surface area contributed by atoms with Crippen molar-refractivity contribution in [2.75, 3.05) is 13.7 Å². The van der Waals surface area contributed by atoms with Crippen LogP contribution in [0.5, 0.6) is 0 Å². The van der Waals surface area contributed by atoms with Crippen molar-refractivity contribution in [3.05, 3.63) is 0 Å². The third kappa shape index (κ3) is 4.52. The molecule has 0 amide bonds. The molecule has 0 aromatic rings. The van der Waals surface area contributed by atoms with Crippen molar-refractivity contribution >= 4 is 0 Å². The number of rotatable bonds is 6. The zero-order valence-corrected chi connectivity index (χ0v) is 10.4. The van der Waals surface area contributed by atoms with Crippen LogP contribution in [0, 0.1) is 5.92 Å². The predicted octanol–water partition coefficient (Wildman–Crippen LogP) is 3.10. The Balaban J connectivity index is 2.21. The van der Waals surface area contributed by atoms with E-state index in [0.29, 0.717) is 0 Å². The summed E-state index contributed by atoms with van der Waals surface area (Å²) in [7, 11) is 1.77. The maximum absolute atomic E-state index is 6.40. The van der Waals surface area contributed by atoms with Crippen molar-refractivity contribution in [1.82, 2.24) is 0 Å². The Hall–Kier alpha value is -0.0800. The molecule has 1 rings (SSSR count). The summed E-state index contributed by atoms with van der Waals surface area (Å²) in [5, 5.41) is 0. The molecule has 1 fully saturated rings. The van der Waals surface area contributed by atoms with Gasteiger partial charge in [0.15, 0.2) is 0 Å². The van der Waals surface area contributed by atoms with Gasteiger partial charge in [0, 0.05) is 19.3 Å². The Morgan fingerprint density at radius 3 is 2.53 bits per heavy atom. The molecule has 15 heavy (non-hydrogen) atoms. The van der Waals surface area contributed by atoms with Crippen LogP contribution >= 0.6 is 0 Å². The van der Waals surface area contributed by atoms with Crippen LogP contribution in [0.3, 0.4) is 0 Å². The Morgan fingerprint density at radius 1 is 1.33 bits per heavy atom. The number of methoxy groups -OCH3 is 1. The first-order chi connectivity index (χ1) is 7.20. The number of ether oxygens (including phenoxy) is 1. The third-order valence-electron chi connectivity index (χ3n) is 3.82. The fraction of sp³-hybridized carbons (Fsp3) is 1.00. The topological polar surface area (TPSA) is 35.2 Å². The van der Waals surface area contributed by atoms with E-state index in [0.717, 1.165) is 25.4 Å². The summed E-state index contributed by atoms with van der Waals surface area (Å²) in [6.07, 6.45) is 10.1. The SMILES string of the molecule is CCCC1CCC(N)(CCCOC)CC1. The van der Waals surface area contributed by atoms with Crippen LogP contribution in [0.25, 0.3) is 0 Å². The van der Waals surface area contributed by atoms with Gasteiger partial charge in [-0.25, -0.2) is 0 Å². The van der Waals surface area contributed by atoms with Gasteiger partial charge in [-0.2, -0.15) is 0 Å². The first-order valence-electron chi connectivity index (χ1n) is 6.48. The van der Waals surface area contributed by atoms with Crippen molar-refractivity contribution in [2.45, 2.75) is 63.8 Å². The molecule has 1 saturated carbocycles. The minimum atomic E-state index is 0.128. The summed E-state index contributed by atoms with van der Waals surface area (Å²) >= 11 is 0. The second kappa shape index (κ2) is 6.49. The first-order valence-corrected chi connectivity index (χ1v) is 6.48. The Bertz CT molecular complexity index is 162. The van der Waals surface area contributed by atoms with Gasteiger partial charge >= 0.3 is 0 Å². The standard InChI is InChI=1S/C13H27NO/c1-3-5-12-6-9-13(14,10-7-12)8-4-11-15-2/h12H,3-11,14H2,1-2H3. The van der Waals surface area contributed by atoms with Crippen LogP contribution in [0.15, 0.2) is 0 Å². The molecule has 2 heteroatoms. The molecule has 90 valence electrons. The summed E-state index contributed by atoms with van der Waals surface area (Å²) in [5.74, 6) is 0.953. The van der Waals surface area contributed by atoms with Gasteiger partial charge in [-0.1, -0.05) is 19.8 Å². The molecule has 2 nitrogen and oxygen atoms in total. The Morgan fingerprint density at radius 2 is 2.00 bits per heavy atom. The Labute approximate surface area is 94.6 Å². The zero-order valence-electron chi connectivity index (χ0n) is 10.4. The quantitative estimate of drug-likeness (QED) is 0.688. The molecule has 0 aromatic carbocycles. The van der Waals surface area contributed by atoms with Crippen LogP contribution in [0.1, 0.15) is 58.3 Å². The fourth-order valence-corrected chi connectivity index (χ4v) is 2.77. The van der Waals surface area contributed by atoms with Crippen molar-refractivity contribution in [1.29, 1.82) is 0 Å². The van der Waals surface area contributed by atoms with Crippen LogP contribution in [0.4, 0.5) is 0 Å². The van der Waals surface area contributed by atoms with Gasteiger partial charge in [-0.05, 0) is 44.4 Å². The molecule has 0 bridgehead atoms. The predicted molar refractivity (Wildman–Crippen MR) is 64.9 cm³/mol. The zero-order chi connectivity index (χ0) is 11.1. The van der Waals surface area contributed by atoms with Gasteiger partial charge in [0.05, 0.1) is 0 Å². The smallest absolute Gasteiger partial charge is 0.0462 e. The molecule has 0 aliphatic heterocycles. The summed E-state index contributed by atoms with van der Waals surface area (Å²) < 4.78 is 5.08. The summed E-state index contributed by atoms with van der Waals surface area (Å²) in [4.78, 5) is 0. The minimum Gasteiger partial charge on any atom is -0.385 e. The third-order valence-corrected chi connectivity index (χ3v) is 3.82. The molecule has 0 aromatic heterocycles. The first kappa shape index (κ1) is 13.0. The lowest BCUT2D eigenvalue weighted by Crippen LogP contribution is -2.43. The van der Waals surface area contributed by atoms with Crippen LogP contribution < -0.4 is 5.73 Å². The summed E-state index contributed by atoms with van der Waals surface area (Å²) in [6, 6.07) is 0. The highest BCUT2D eigenvalue weighted by molar-refractivity contribution is 4.89. The highest BCUT2D eigenvalue weighted by Crippen LogP contribution is 2.35. The minimum absolute atomic E-state index is 0.128. The highest BCUT2D eigenvalue weighted by Gasteiger charge is 2.30. The average molecular weight is 213 g/mol. The van der Waals surface area contributed by atoms with Crippen LogP contribution in [-0.4, -0.2) is 19.3 Å². The van der Waals surface area contributed by atoms with Crippen molar-refractivity contribution < 1.29 is 4.74 Å². The lowest BCUT2D eigenvalue weighted by Gasteiger charge is -2.37. The molecular weight excluding hydrogens is 186 g/mol. The molecular formula is C13H27NO. The van der Waals surface area contributed by atoms with Gasteiger partial charge in [-0.15, -0.1) is 0 Å². The van der Waals surface area contributed by atoms with E-state index in [-0.39, 0.29) is 5.54 Å². The lowest BCUT2D eigenvalue weighted by atomic mass is 9.74. The molecule has 0 unspecified atom stereocenters. The molecule has 1 aliphatic rings. The van der Waals surface area contributed by atoms with E-state index in [1.807, 2.05) is 0 Å². The molecule has 0 radical (unpaired) electrons. The van der Waals surface area contributed by atoms with Crippen molar-refractivity contribution in [3.8, 4) is 0 Å². The fourth-order valence-electron chi connectivity index (χ4n) is 2.77. The van der Waals surface area contributed by atoms with E-state index in [4.69, 9.17) is 10.5 Å². The van der Waals surface area contributed by atoms with E-state index in [1.165, 1.54) is 38.5 Å². The maximum Gasteiger partial charge on any atom is 0.0462 e. The van der Waals surface area contributed by atoms with E-state index in [9.17, 15) is 0 Å². The largest absolute Gasteiger partial charge is 0.385 e. The normalized spacial score (nSPS) is 31.8. The monoisotopic (exact) mass is 213 g/mol. The van der Waals surface area contributed by atoms with Gasteiger partial charge in [0.1, 0.15) is 0 Å². The lowest BCUT2D eigenvalue weighted by molar-refractivity contribution is 0.162. The highest BCUT2D eigenvalue weighted by atomic mass is 16.5. The summed E-state index contributed by atoms with van der Waals surface area (Å²) in [6.45, 7) is 3.14. The maximum atomic E-state index is 6.40. The van der Waals surface area contributed by atoms with Crippen LogP contribution in [-0.2, 0) is 4.74 Å². The van der Waals surface area contributed by atoms with Crippen molar-refractivity contribution in [3.63, 3.8) is 0 Å². The molecule has 0 atom stereocenters. The molecule has 2 N–H and O–H groups in total. The summed E-state index contributed by atoms with van der Waals surface area (Å²) in [5.41, 5.74) is 6.53. The number of hydrogen-bond acceptors (Lipinski definition) is 2. The molecule has 0 saturated heterocycles. The number of nitrogens with two attached hydrogens (primary N) is 1. The van der Waals surface area contributed by atoms with Gasteiger partial charge in [0.2, 0.25) is 0 Å². The Kier molecular flexibility index (Phi) is 5.62. The van der Waals surface area contributed by atoms with E-state index in [1.54, 1.807) is 7.11 Å². The van der Waals surface area contributed by atoms with Gasteiger partial charge < -0.3 is 10.5 Å². The van der Waals surface area contributed by atoms with Crippen LogP contribution in [0.2, 0.25) is 0 Å². The average Bonchev–Trinajstić information content (AvgIpc) is 2.23. The second-order valence-corrected chi connectivity index (χ2v) is 5.19. The van der Waals surface area contributed by atoms with Crippen molar-refractivity contribution in [2.24, 2.45) is 11.7 Å². The molecule has 0 spiro atoms. The molecule has 1 aliphatic carbocycles. The van der Waals surface area contributed by atoms with E-state index < -0.39 is 0 Å². The van der Waals surface area contributed by atoms with E-state index >= 15 is 0 Å². The second-order valence-electron chi connectivity index (χ2n) is 5.19. The number of hydrogen-bond donors (Lipinski definition) is 1. The molecule has 0 heterocycles. The van der Waals surface area contributed by atoms with Gasteiger partial charge in [0.25, 0.3) is 0 Å². The van der Waals surface area contributed by atoms with E-state index in [2.05, 4.69) is 6.92 Å².